The SMILES string of the molecule is Cc1cc2c(C)c(Br)oc2s1. The van der Waals surface area contributed by atoms with Gasteiger partial charge >= 0.3 is 0 Å². The van der Waals surface area contributed by atoms with Crippen LogP contribution in [0.25, 0.3) is 10.3 Å². The van der Waals surface area contributed by atoms with Crippen molar-refractivity contribution in [2.24, 2.45) is 0 Å². The van der Waals surface area contributed by atoms with Crippen LogP contribution in [0.4, 0.5) is 0 Å². The van der Waals surface area contributed by atoms with Gasteiger partial charge in [-0.15, -0.1) is 11.3 Å². The fourth-order valence-corrected chi connectivity index (χ4v) is 2.49. The highest BCUT2D eigenvalue weighted by Crippen LogP contribution is 2.34. The molecule has 0 N–H and O–H groups in total. The zero-order valence-corrected chi connectivity index (χ0v) is 8.67. The molecule has 2 heterocycles. The third kappa shape index (κ3) is 1.03. The van der Waals surface area contributed by atoms with Crippen molar-refractivity contribution in [1.82, 2.24) is 0 Å². The number of halogens is 1. The number of aryl methyl sites for hydroxylation is 2. The van der Waals surface area contributed by atoms with Gasteiger partial charge in [-0.05, 0) is 35.8 Å². The van der Waals surface area contributed by atoms with Crippen LogP contribution in [0.1, 0.15) is 10.4 Å². The Morgan fingerprint density at radius 2 is 2.18 bits per heavy atom. The monoisotopic (exact) mass is 230 g/mol. The average molecular weight is 231 g/mol. The molecule has 3 heteroatoms. The molecule has 0 spiro atoms. The van der Waals surface area contributed by atoms with E-state index in [9.17, 15) is 0 Å². The Morgan fingerprint density at radius 3 is 2.82 bits per heavy atom. The summed E-state index contributed by atoms with van der Waals surface area (Å²) in [6, 6.07) is 2.16. The Bertz CT molecular complexity index is 399. The predicted octanol–water partition coefficient (Wildman–Crippen LogP) is 3.87. The summed E-state index contributed by atoms with van der Waals surface area (Å²) in [7, 11) is 0. The number of hydrogen-bond donors (Lipinski definition) is 0. The standard InChI is InChI=1S/C8H7BrOS/c1-4-3-6-5(2)7(9)10-8(6)11-4/h3H,1-2H3. The number of thiophene rings is 1. The van der Waals surface area contributed by atoms with Crippen molar-refractivity contribution < 1.29 is 4.42 Å². The summed E-state index contributed by atoms with van der Waals surface area (Å²) in [4.78, 5) is 2.32. The summed E-state index contributed by atoms with van der Waals surface area (Å²) in [5.74, 6) is 0. The van der Waals surface area contributed by atoms with E-state index < -0.39 is 0 Å². The lowest BCUT2D eigenvalue weighted by molar-refractivity contribution is 0.591. The lowest BCUT2D eigenvalue weighted by atomic mass is 10.3. The van der Waals surface area contributed by atoms with Gasteiger partial charge in [-0.25, -0.2) is 0 Å². The van der Waals surface area contributed by atoms with E-state index in [1.54, 1.807) is 11.3 Å². The summed E-state index contributed by atoms with van der Waals surface area (Å²) >= 11 is 5.04. The highest BCUT2D eigenvalue weighted by molar-refractivity contribution is 9.10. The van der Waals surface area contributed by atoms with Crippen molar-refractivity contribution in [2.75, 3.05) is 0 Å². The normalized spacial score (nSPS) is 11.2. The first-order valence-electron chi connectivity index (χ1n) is 3.33. The molecule has 11 heavy (non-hydrogen) atoms. The van der Waals surface area contributed by atoms with E-state index >= 15 is 0 Å². The van der Waals surface area contributed by atoms with Crippen LogP contribution in [0.15, 0.2) is 15.2 Å². The quantitative estimate of drug-likeness (QED) is 0.670. The Balaban J connectivity index is 2.88. The van der Waals surface area contributed by atoms with E-state index in [0.717, 1.165) is 9.57 Å². The molecule has 0 aliphatic carbocycles. The van der Waals surface area contributed by atoms with Gasteiger partial charge in [-0.1, -0.05) is 0 Å². The van der Waals surface area contributed by atoms with Crippen LogP contribution < -0.4 is 0 Å². The minimum Gasteiger partial charge on any atom is -0.438 e. The Hall–Kier alpha value is -0.280. The Labute approximate surface area is 77.1 Å². The minimum absolute atomic E-state index is 0.860. The Kier molecular flexibility index (Phi) is 1.58. The maximum absolute atomic E-state index is 5.45. The molecule has 0 aromatic carbocycles. The molecular weight excluding hydrogens is 224 g/mol. The van der Waals surface area contributed by atoms with Gasteiger partial charge < -0.3 is 4.42 Å². The molecule has 0 bridgehead atoms. The van der Waals surface area contributed by atoms with Gasteiger partial charge in [-0.2, -0.15) is 0 Å². The van der Waals surface area contributed by atoms with E-state index in [4.69, 9.17) is 4.42 Å². The molecular formula is C8H7BrOS. The van der Waals surface area contributed by atoms with Crippen LogP contribution in [-0.2, 0) is 0 Å². The molecule has 0 radical (unpaired) electrons. The summed E-state index contributed by atoms with van der Waals surface area (Å²) in [6.45, 7) is 4.15. The second-order valence-electron chi connectivity index (χ2n) is 2.56. The third-order valence-electron chi connectivity index (χ3n) is 1.70. The summed E-state index contributed by atoms with van der Waals surface area (Å²) < 4.78 is 6.31. The molecule has 0 fully saturated rings. The summed E-state index contributed by atoms with van der Waals surface area (Å²) in [5, 5.41) is 1.24. The van der Waals surface area contributed by atoms with Crippen molar-refractivity contribution in [1.29, 1.82) is 0 Å². The van der Waals surface area contributed by atoms with Gasteiger partial charge in [0.05, 0.1) is 0 Å². The van der Waals surface area contributed by atoms with Crippen molar-refractivity contribution in [2.45, 2.75) is 13.8 Å². The largest absolute Gasteiger partial charge is 0.438 e. The fourth-order valence-electron chi connectivity index (χ4n) is 1.09. The smallest absolute Gasteiger partial charge is 0.189 e. The van der Waals surface area contributed by atoms with E-state index in [2.05, 4.69) is 35.8 Å². The number of furan rings is 1. The molecule has 2 aromatic rings. The van der Waals surface area contributed by atoms with E-state index in [-0.39, 0.29) is 0 Å². The van der Waals surface area contributed by atoms with Gasteiger partial charge in [0.1, 0.15) is 0 Å². The highest BCUT2D eigenvalue weighted by atomic mass is 79.9. The Morgan fingerprint density at radius 1 is 1.45 bits per heavy atom. The molecule has 2 aromatic heterocycles. The minimum atomic E-state index is 0.860. The number of rotatable bonds is 0. The van der Waals surface area contributed by atoms with Crippen molar-refractivity contribution >= 4 is 37.5 Å². The first kappa shape index (κ1) is 7.37. The average Bonchev–Trinajstić information content (AvgIpc) is 2.37. The van der Waals surface area contributed by atoms with Crippen LogP contribution in [0.2, 0.25) is 0 Å². The van der Waals surface area contributed by atoms with Gasteiger partial charge in [0, 0.05) is 15.8 Å². The van der Waals surface area contributed by atoms with Gasteiger partial charge in [0.15, 0.2) is 9.57 Å². The fraction of sp³-hybridized carbons (Fsp3) is 0.250. The molecule has 0 saturated heterocycles. The maximum Gasteiger partial charge on any atom is 0.189 e. The molecule has 0 saturated carbocycles. The molecule has 58 valence electrons. The van der Waals surface area contributed by atoms with Crippen LogP contribution >= 0.6 is 27.3 Å². The molecule has 0 aliphatic heterocycles. The molecule has 0 atom stereocenters. The topological polar surface area (TPSA) is 13.1 Å². The summed E-state index contributed by atoms with van der Waals surface area (Å²) in [6.07, 6.45) is 0. The van der Waals surface area contributed by atoms with E-state index in [1.807, 2.05) is 0 Å². The lowest BCUT2D eigenvalue weighted by Crippen LogP contribution is -1.62. The number of fused-ring (bicyclic) bond motifs is 1. The van der Waals surface area contributed by atoms with Crippen molar-refractivity contribution in [3.8, 4) is 0 Å². The second-order valence-corrected chi connectivity index (χ2v) is 4.50. The van der Waals surface area contributed by atoms with Gasteiger partial charge in [-0.3, -0.25) is 0 Å². The second kappa shape index (κ2) is 2.35. The van der Waals surface area contributed by atoms with Gasteiger partial charge in [0.25, 0.3) is 0 Å². The first-order chi connectivity index (χ1) is 5.18. The van der Waals surface area contributed by atoms with E-state index in [0.29, 0.717) is 0 Å². The number of hydrogen-bond acceptors (Lipinski definition) is 2. The van der Waals surface area contributed by atoms with E-state index in [1.165, 1.54) is 15.8 Å². The van der Waals surface area contributed by atoms with Crippen LogP contribution in [0.5, 0.6) is 0 Å². The lowest BCUT2D eigenvalue weighted by Gasteiger charge is -1.82. The predicted molar refractivity (Wildman–Crippen MR) is 51.3 cm³/mol. The molecule has 0 aliphatic rings. The van der Waals surface area contributed by atoms with Crippen LogP contribution in [0.3, 0.4) is 0 Å². The van der Waals surface area contributed by atoms with Crippen molar-refractivity contribution in [3.63, 3.8) is 0 Å². The molecule has 0 unspecified atom stereocenters. The zero-order valence-electron chi connectivity index (χ0n) is 6.27. The summed E-state index contributed by atoms with van der Waals surface area (Å²) in [5.41, 5.74) is 1.20. The third-order valence-corrected chi connectivity index (χ3v) is 3.39. The first-order valence-corrected chi connectivity index (χ1v) is 4.94. The zero-order chi connectivity index (χ0) is 8.01. The maximum atomic E-state index is 5.45. The van der Waals surface area contributed by atoms with Crippen LogP contribution in [-0.4, -0.2) is 0 Å². The molecule has 2 rings (SSSR count). The molecule has 1 nitrogen and oxygen atoms in total. The van der Waals surface area contributed by atoms with Crippen LogP contribution in [0, 0.1) is 13.8 Å². The van der Waals surface area contributed by atoms with Gasteiger partial charge in [0.2, 0.25) is 0 Å². The van der Waals surface area contributed by atoms with Crippen molar-refractivity contribution in [3.05, 3.63) is 21.2 Å². The highest BCUT2D eigenvalue weighted by Gasteiger charge is 2.09. The molecule has 0 amide bonds.